The lowest BCUT2D eigenvalue weighted by Crippen LogP contribution is -1.93. The zero-order valence-corrected chi connectivity index (χ0v) is 26.9. The van der Waals surface area contributed by atoms with Gasteiger partial charge in [0.05, 0.1) is 0 Å². The Bertz CT molecular complexity index is 2990. The van der Waals surface area contributed by atoms with E-state index in [1.54, 1.807) is 12.1 Å². The van der Waals surface area contributed by atoms with Crippen LogP contribution < -0.4 is 0 Å². The summed E-state index contributed by atoms with van der Waals surface area (Å²) >= 11 is 0. The minimum absolute atomic E-state index is 0.240. The molecule has 10 rings (SSSR count). The van der Waals surface area contributed by atoms with E-state index < -0.39 is 0 Å². The van der Waals surface area contributed by atoms with Gasteiger partial charge in [-0.15, -0.1) is 0 Å². The molecule has 0 unspecified atom stereocenters. The Morgan fingerprint density at radius 1 is 0.260 bits per heavy atom. The van der Waals surface area contributed by atoms with Crippen molar-refractivity contribution in [3.63, 3.8) is 0 Å². The van der Waals surface area contributed by atoms with Gasteiger partial charge in [-0.05, 0) is 153 Å². The Hall–Kier alpha value is -6.38. The van der Waals surface area contributed by atoms with Crippen molar-refractivity contribution in [2.45, 2.75) is 0 Å². The predicted molar refractivity (Wildman–Crippen MR) is 208 cm³/mol. The Morgan fingerprint density at radius 3 is 1.34 bits per heavy atom. The van der Waals surface area contributed by atoms with Crippen LogP contribution in [-0.2, 0) is 0 Å². The largest absolute Gasteiger partial charge is 0.207 e. The van der Waals surface area contributed by atoms with E-state index in [2.05, 4.69) is 121 Å². The van der Waals surface area contributed by atoms with Crippen molar-refractivity contribution in [2.24, 2.45) is 0 Å². The molecule has 0 aliphatic heterocycles. The normalized spacial score (nSPS) is 11.8. The van der Waals surface area contributed by atoms with Gasteiger partial charge in [-0.2, -0.15) is 0 Å². The van der Waals surface area contributed by atoms with Gasteiger partial charge in [0.1, 0.15) is 11.6 Å². The number of hydrogen-bond acceptors (Lipinski definition) is 0. The molecular formula is C48H28F2. The zero-order valence-electron chi connectivity index (χ0n) is 26.9. The molecule has 0 fully saturated rings. The third kappa shape index (κ3) is 4.49. The van der Waals surface area contributed by atoms with Crippen LogP contribution in [0.5, 0.6) is 0 Å². The maximum absolute atomic E-state index is 14.2. The van der Waals surface area contributed by atoms with Gasteiger partial charge in [0.15, 0.2) is 0 Å². The molecule has 0 heterocycles. The van der Waals surface area contributed by atoms with Crippen LogP contribution in [-0.4, -0.2) is 0 Å². The molecule has 0 saturated carbocycles. The highest BCUT2D eigenvalue weighted by Crippen LogP contribution is 2.48. The lowest BCUT2D eigenvalue weighted by molar-refractivity contribution is 0.629. The molecule has 0 spiro atoms. The quantitative estimate of drug-likeness (QED) is 0.133. The molecule has 10 aromatic rings. The maximum atomic E-state index is 14.2. The molecule has 0 amide bonds. The van der Waals surface area contributed by atoms with Gasteiger partial charge in [-0.25, -0.2) is 8.78 Å². The number of halogens is 2. The first-order valence-electron chi connectivity index (χ1n) is 16.9. The SMILES string of the molecule is Fc1ccc2cc(-c3c4ccccc4c(-c4ccc5cc(F)ccc5c4)c4cc5c(cc34)c(-c3ccccc3)cc3ccccc35)ccc2c1. The molecule has 0 N–H and O–H groups in total. The van der Waals surface area contributed by atoms with Crippen LogP contribution in [0.15, 0.2) is 170 Å². The van der Waals surface area contributed by atoms with E-state index in [0.717, 1.165) is 65.3 Å². The third-order valence-corrected chi connectivity index (χ3v) is 10.3. The first-order valence-corrected chi connectivity index (χ1v) is 16.9. The van der Waals surface area contributed by atoms with Crippen molar-refractivity contribution in [1.82, 2.24) is 0 Å². The van der Waals surface area contributed by atoms with Crippen molar-refractivity contribution in [3.05, 3.63) is 181 Å². The standard InChI is InChI=1S/C48H28F2/c49-37-20-18-30-22-35(16-14-32(30)24-37)47-40-12-6-7-13-41(40)48(36-17-15-33-25-38(50)21-19-31(33)23-36)46-28-44-42(29-8-2-1-3-9-29)26-34-10-4-5-11-39(34)43(44)27-45(46)47/h1-28H. The topological polar surface area (TPSA) is 0 Å². The van der Waals surface area contributed by atoms with E-state index >= 15 is 0 Å². The molecular weight excluding hydrogens is 615 g/mol. The van der Waals surface area contributed by atoms with Crippen LogP contribution in [0.4, 0.5) is 8.78 Å². The Labute approximate surface area is 287 Å². The van der Waals surface area contributed by atoms with Crippen molar-refractivity contribution < 1.29 is 8.78 Å². The summed E-state index contributed by atoms with van der Waals surface area (Å²) in [5.41, 5.74) is 6.79. The van der Waals surface area contributed by atoms with Gasteiger partial charge in [-0.1, -0.05) is 115 Å². The van der Waals surface area contributed by atoms with E-state index in [9.17, 15) is 8.78 Å². The highest BCUT2D eigenvalue weighted by molar-refractivity contribution is 6.27. The van der Waals surface area contributed by atoms with Crippen molar-refractivity contribution in [1.29, 1.82) is 0 Å². The van der Waals surface area contributed by atoms with E-state index in [1.807, 2.05) is 24.3 Å². The van der Waals surface area contributed by atoms with Crippen LogP contribution in [0.2, 0.25) is 0 Å². The lowest BCUT2D eigenvalue weighted by atomic mass is 9.82. The second kappa shape index (κ2) is 11.1. The van der Waals surface area contributed by atoms with Gasteiger partial charge >= 0.3 is 0 Å². The fourth-order valence-electron chi connectivity index (χ4n) is 7.99. The maximum Gasteiger partial charge on any atom is 0.123 e. The molecule has 0 aliphatic carbocycles. The average Bonchev–Trinajstić information content (AvgIpc) is 3.16. The van der Waals surface area contributed by atoms with Gasteiger partial charge in [0, 0.05) is 0 Å². The highest BCUT2D eigenvalue weighted by Gasteiger charge is 2.20. The van der Waals surface area contributed by atoms with Crippen LogP contribution in [0.3, 0.4) is 0 Å². The number of benzene rings is 10. The average molecular weight is 643 g/mol. The fourth-order valence-corrected chi connectivity index (χ4v) is 7.99. The lowest BCUT2D eigenvalue weighted by Gasteiger charge is -2.20. The molecule has 0 radical (unpaired) electrons. The smallest absolute Gasteiger partial charge is 0.123 e. The summed E-state index contributed by atoms with van der Waals surface area (Å²) < 4.78 is 28.4. The molecule has 50 heavy (non-hydrogen) atoms. The molecule has 0 saturated heterocycles. The molecule has 2 heteroatoms. The molecule has 0 bridgehead atoms. The number of hydrogen-bond donors (Lipinski definition) is 0. The summed E-state index contributed by atoms with van der Waals surface area (Å²) in [6.45, 7) is 0. The number of fused-ring (bicyclic) bond motifs is 7. The van der Waals surface area contributed by atoms with Crippen LogP contribution in [0.1, 0.15) is 0 Å². The number of rotatable bonds is 3. The zero-order chi connectivity index (χ0) is 33.3. The molecule has 234 valence electrons. The Kier molecular flexibility index (Phi) is 6.34. The molecule has 0 nitrogen and oxygen atoms in total. The van der Waals surface area contributed by atoms with Crippen molar-refractivity contribution in [2.75, 3.05) is 0 Å². The van der Waals surface area contributed by atoms with Gasteiger partial charge in [0.25, 0.3) is 0 Å². The summed E-state index contributed by atoms with van der Waals surface area (Å²) in [5, 5.41) is 13.0. The minimum atomic E-state index is -0.240. The predicted octanol–water partition coefficient (Wildman–Crippen LogP) is 13.9. The molecule has 10 aromatic carbocycles. The van der Waals surface area contributed by atoms with Crippen LogP contribution >= 0.6 is 0 Å². The fraction of sp³-hybridized carbons (Fsp3) is 0. The first kappa shape index (κ1) is 28.6. The van der Waals surface area contributed by atoms with Gasteiger partial charge < -0.3 is 0 Å². The molecule has 0 atom stereocenters. The Morgan fingerprint density at radius 2 is 0.740 bits per heavy atom. The second-order valence-corrected chi connectivity index (χ2v) is 13.2. The minimum Gasteiger partial charge on any atom is -0.207 e. The van der Waals surface area contributed by atoms with E-state index in [0.29, 0.717) is 0 Å². The Balaban J connectivity index is 1.41. The summed E-state index contributed by atoms with van der Waals surface area (Å²) in [7, 11) is 0. The van der Waals surface area contributed by atoms with E-state index in [4.69, 9.17) is 0 Å². The first-order chi connectivity index (χ1) is 24.6. The summed E-state index contributed by atoms with van der Waals surface area (Å²) in [4.78, 5) is 0. The third-order valence-electron chi connectivity index (χ3n) is 10.3. The van der Waals surface area contributed by atoms with Gasteiger partial charge in [-0.3, -0.25) is 0 Å². The van der Waals surface area contributed by atoms with Crippen molar-refractivity contribution in [3.8, 4) is 33.4 Å². The van der Waals surface area contributed by atoms with Crippen LogP contribution in [0, 0.1) is 11.6 Å². The van der Waals surface area contributed by atoms with Crippen molar-refractivity contribution >= 4 is 64.6 Å². The molecule has 0 aromatic heterocycles. The summed E-state index contributed by atoms with van der Waals surface area (Å²) in [6, 6.07) is 57.6. The monoisotopic (exact) mass is 642 g/mol. The summed E-state index contributed by atoms with van der Waals surface area (Å²) in [6.07, 6.45) is 0. The van der Waals surface area contributed by atoms with Crippen LogP contribution in [0.25, 0.3) is 98.0 Å². The second-order valence-electron chi connectivity index (χ2n) is 13.2. The van der Waals surface area contributed by atoms with Gasteiger partial charge in [0.2, 0.25) is 0 Å². The van der Waals surface area contributed by atoms with E-state index in [1.165, 1.54) is 44.8 Å². The molecule has 0 aliphatic rings. The summed E-state index contributed by atoms with van der Waals surface area (Å²) in [5.74, 6) is -0.480. The highest BCUT2D eigenvalue weighted by atomic mass is 19.1. The van der Waals surface area contributed by atoms with E-state index in [-0.39, 0.29) is 11.6 Å².